The molecule has 0 bridgehead atoms. The average Bonchev–Trinajstić information content (AvgIpc) is 2.88. The molecule has 3 aromatic carbocycles. The van der Waals surface area contributed by atoms with Gasteiger partial charge in [0.15, 0.2) is 5.65 Å². The standard InChI is InChI=1S/C27H25N5O3/c1-30(19-12-11-16-7-4-5-8-17(16)13-19)24-21(15-28)22(18-9-6-10-20(33)14-18)23-25(29-24)31(2)27(35)32(3)26(23)34/h4-14,33H,15,28H2,1-3H3. The summed E-state index contributed by atoms with van der Waals surface area (Å²) >= 11 is 0. The SMILES string of the molecule is CN(c1ccc2ccccc2c1)c1nc2c(c(-c3cccc(O)c3)c1CN)c(=O)n(C)c(=O)n2C. The Morgan fingerprint density at radius 2 is 1.69 bits per heavy atom. The van der Waals surface area contributed by atoms with E-state index in [4.69, 9.17) is 10.7 Å². The van der Waals surface area contributed by atoms with Crippen molar-refractivity contribution in [1.82, 2.24) is 14.1 Å². The van der Waals surface area contributed by atoms with Crippen LogP contribution in [0.3, 0.4) is 0 Å². The monoisotopic (exact) mass is 467 g/mol. The smallest absolute Gasteiger partial charge is 0.332 e. The second kappa shape index (κ2) is 8.41. The number of aromatic hydroxyl groups is 1. The molecule has 0 aliphatic carbocycles. The van der Waals surface area contributed by atoms with Gasteiger partial charge in [-0.1, -0.05) is 42.5 Å². The topological polar surface area (TPSA) is 106 Å². The number of rotatable bonds is 4. The van der Waals surface area contributed by atoms with E-state index in [1.807, 2.05) is 48.3 Å². The molecule has 0 fully saturated rings. The molecule has 35 heavy (non-hydrogen) atoms. The van der Waals surface area contributed by atoms with Crippen molar-refractivity contribution in [3.63, 3.8) is 0 Å². The molecule has 0 atom stereocenters. The summed E-state index contributed by atoms with van der Waals surface area (Å²) < 4.78 is 2.42. The van der Waals surface area contributed by atoms with E-state index in [9.17, 15) is 14.7 Å². The lowest BCUT2D eigenvalue weighted by Gasteiger charge is -2.25. The first kappa shape index (κ1) is 22.4. The molecule has 0 unspecified atom stereocenters. The van der Waals surface area contributed by atoms with Gasteiger partial charge in [-0.3, -0.25) is 13.9 Å². The first-order valence-corrected chi connectivity index (χ1v) is 11.2. The Balaban J connectivity index is 1.89. The van der Waals surface area contributed by atoms with Crippen LogP contribution in [0.1, 0.15) is 5.56 Å². The van der Waals surface area contributed by atoms with Gasteiger partial charge in [0.1, 0.15) is 11.6 Å². The minimum atomic E-state index is -0.475. The summed E-state index contributed by atoms with van der Waals surface area (Å²) in [4.78, 5) is 32.8. The summed E-state index contributed by atoms with van der Waals surface area (Å²) in [7, 11) is 4.90. The highest BCUT2D eigenvalue weighted by molar-refractivity contribution is 5.98. The number of aromatic nitrogens is 3. The molecule has 5 aromatic rings. The summed E-state index contributed by atoms with van der Waals surface area (Å²) in [6.45, 7) is 0.0905. The van der Waals surface area contributed by atoms with Crippen molar-refractivity contribution in [3.8, 4) is 16.9 Å². The maximum atomic E-state index is 13.3. The van der Waals surface area contributed by atoms with Crippen LogP contribution in [-0.4, -0.2) is 26.3 Å². The lowest BCUT2D eigenvalue weighted by molar-refractivity contribution is 0.475. The number of phenols is 1. The van der Waals surface area contributed by atoms with Gasteiger partial charge in [0.05, 0.1) is 5.39 Å². The van der Waals surface area contributed by atoms with Crippen molar-refractivity contribution >= 4 is 33.3 Å². The molecule has 0 saturated carbocycles. The third-order valence-electron chi connectivity index (χ3n) is 6.44. The Hall–Kier alpha value is -4.43. The molecule has 0 aliphatic rings. The van der Waals surface area contributed by atoms with Gasteiger partial charge in [0.25, 0.3) is 5.56 Å². The lowest BCUT2D eigenvalue weighted by Crippen LogP contribution is -2.38. The number of anilines is 2. The number of fused-ring (bicyclic) bond motifs is 2. The van der Waals surface area contributed by atoms with Gasteiger partial charge < -0.3 is 15.7 Å². The number of pyridine rings is 1. The average molecular weight is 468 g/mol. The van der Waals surface area contributed by atoms with Gasteiger partial charge in [-0.2, -0.15) is 0 Å². The number of benzene rings is 3. The molecular weight excluding hydrogens is 442 g/mol. The lowest BCUT2D eigenvalue weighted by atomic mass is 9.96. The second-order valence-electron chi connectivity index (χ2n) is 8.54. The molecule has 176 valence electrons. The minimum Gasteiger partial charge on any atom is -0.508 e. The Kier molecular flexibility index (Phi) is 5.37. The van der Waals surface area contributed by atoms with Crippen LogP contribution in [0.25, 0.3) is 32.9 Å². The quantitative estimate of drug-likeness (QED) is 0.420. The Morgan fingerprint density at radius 3 is 2.40 bits per heavy atom. The summed E-state index contributed by atoms with van der Waals surface area (Å²) in [6, 6.07) is 20.8. The van der Waals surface area contributed by atoms with Crippen molar-refractivity contribution in [2.75, 3.05) is 11.9 Å². The normalized spacial score (nSPS) is 11.3. The summed E-state index contributed by atoms with van der Waals surface area (Å²) in [5, 5.41) is 12.7. The van der Waals surface area contributed by atoms with E-state index in [0.717, 1.165) is 21.0 Å². The zero-order valence-corrected chi connectivity index (χ0v) is 19.7. The van der Waals surface area contributed by atoms with E-state index in [2.05, 4.69) is 6.07 Å². The van der Waals surface area contributed by atoms with E-state index in [1.165, 1.54) is 11.6 Å². The predicted molar refractivity (Wildman–Crippen MR) is 139 cm³/mol. The molecule has 0 radical (unpaired) electrons. The second-order valence-corrected chi connectivity index (χ2v) is 8.54. The molecule has 0 amide bonds. The van der Waals surface area contributed by atoms with Crippen LogP contribution >= 0.6 is 0 Å². The van der Waals surface area contributed by atoms with Crippen LogP contribution in [0, 0.1) is 0 Å². The molecule has 2 aromatic heterocycles. The van der Waals surface area contributed by atoms with Crippen molar-refractivity contribution in [1.29, 1.82) is 0 Å². The highest BCUT2D eigenvalue weighted by atomic mass is 16.3. The number of hydrogen-bond donors (Lipinski definition) is 2. The number of nitrogens with zero attached hydrogens (tertiary/aromatic N) is 4. The molecule has 0 aliphatic heterocycles. The fourth-order valence-corrected chi connectivity index (χ4v) is 4.57. The van der Waals surface area contributed by atoms with Gasteiger partial charge in [0, 0.05) is 44.5 Å². The van der Waals surface area contributed by atoms with Crippen molar-refractivity contribution < 1.29 is 5.11 Å². The molecule has 0 spiro atoms. The molecule has 8 nitrogen and oxygen atoms in total. The Morgan fingerprint density at radius 1 is 0.943 bits per heavy atom. The number of hydrogen-bond acceptors (Lipinski definition) is 6. The highest BCUT2D eigenvalue weighted by Gasteiger charge is 2.24. The van der Waals surface area contributed by atoms with E-state index in [0.29, 0.717) is 22.5 Å². The fraction of sp³-hybridized carbons (Fsp3) is 0.148. The summed E-state index contributed by atoms with van der Waals surface area (Å²) in [6.07, 6.45) is 0. The molecule has 0 saturated heterocycles. The van der Waals surface area contributed by atoms with E-state index < -0.39 is 11.2 Å². The summed E-state index contributed by atoms with van der Waals surface area (Å²) in [5.74, 6) is 0.582. The Bertz CT molecular complexity index is 1740. The predicted octanol–water partition coefficient (Wildman–Crippen LogP) is 3.38. The largest absolute Gasteiger partial charge is 0.508 e. The zero-order chi connectivity index (χ0) is 24.9. The first-order valence-electron chi connectivity index (χ1n) is 11.2. The number of phenolic OH excluding ortho intramolecular Hbond substituents is 1. The number of nitrogens with two attached hydrogens (primary N) is 1. The molecule has 8 heteroatoms. The molecular formula is C27H25N5O3. The van der Waals surface area contributed by atoms with Crippen LogP contribution in [0.2, 0.25) is 0 Å². The fourth-order valence-electron chi connectivity index (χ4n) is 4.57. The van der Waals surface area contributed by atoms with Gasteiger partial charge in [0.2, 0.25) is 0 Å². The van der Waals surface area contributed by atoms with Crippen molar-refractivity contribution in [3.05, 3.63) is 93.1 Å². The van der Waals surface area contributed by atoms with Gasteiger partial charge in [-0.15, -0.1) is 0 Å². The van der Waals surface area contributed by atoms with Crippen LogP contribution < -0.4 is 21.9 Å². The van der Waals surface area contributed by atoms with E-state index >= 15 is 0 Å². The molecule has 2 heterocycles. The zero-order valence-electron chi connectivity index (χ0n) is 19.7. The molecule has 5 rings (SSSR count). The Labute approximate surface area is 201 Å². The van der Waals surface area contributed by atoms with Crippen LogP contribution in [0.4, 0.5) is 11.5 Å². The maximum absolute atomic E-state index is 13.3. The third kappa shape index (κ3) is 3.55. The minimum absolute atomic E-state index is 0.0570. The molecule has 3 N–H and O–H groups in total. The summed E-state index contributed by atoms with van der Waals surface area (Å²) in [5.41, 5.74) is 8.25. The first-order chi connectivity index (χ1) is 16.8. The highest BCUT2D eigenvalue weighted by Crippen LogP contribution is 2.38. The van der Waals surface area contributed by atoms with E-state index in [1.54, 1.807) is 31.3 Å². The van der Waals surface area contributed by atoms with Crippen LogP contribution in [-0.2, 0) is 20.6 Å². The van der Waals surface area contributed by atoms with Crippen molar-refractivity contribution in [2.24, 2.45) is 19.8 Å². The maximum Gasteiger partial charge on any atom is 0.332 e. The van der Waals surface area contributed by atoms with Crippen molar-refractivity contribution in [2.45, 2.75) is 6.54 Å². The number of aryl methyl sites for hydroxylation is 1. The van der Waals surface area contributed by atoms with Gasteiger partial charge >= 0.3 is 5.69 Å². The van der Waals surface area contributed by atoms with Gasteiger partial charge in [-0.05, 0) is 40.6 Å². The van der Waals surface area contributed by atoms with E-state index in [-0.39, 0.29) is 23.3 Å². The van der Waals surface area contributed by atoms with Crippen LogP contribution in [0.5, 0.6) is 5.75 Å². The van der Waals surface area contributed by atoms with Gasteiger partial charge in [-0.25, -0.2) is 9.78 Å². The van der Waals surface area contributed by atoms with Crippen LogP contribution in [0.15, 0.2) is 76.3 Å². The third-order valence-corrected chi connectivity index (χ3v) is 6.44.